The Bertz CT molecular complexity index is 559. The van der Waals surface area contributed by atoms with Crippen LogP contribution in [0.4, 0.5) is 0 Å². The highest BCUT2D eigenvalue weighted by atomic mass is 32.1. The number of rotatable bonds is 6. The number of pyridine rings is 1. The molecule has 0 saturated heterocycles. The molecule has 0 fully saturated rings. The summed E-state index contributed by atoms with van der Waals surface area (Å²) in [6.07, 6.45) is 0.936. The second-order valence-electron chi connectivity index (χ2n) is 6.18. The number of aromatic nitrogens is 1. The number of hydrogen-bond acceptors (Lipinski definition) is 4. The van der Waals surface area contributed by atoms with Crippen LogP contribution in [-0.4, -0.2) is 17.1 Å². The van der Waals surface area contributed by atoms with Crippen molar-refractivity contribution in [1.29, 1.82) is 0 Å². The lowest BCUT2D eigenvalue weighted by molar-refractivity contribution is 0.309. The monoisotopic (exact) mass is 304 g/mol. The zero-order valence-electron chi connectivity index (χ0n) is 13.3. The van der Waals surface area contributed by atoms with Crippen molar-refractivity contribution in [3.8, 4) is 5.88 Å². The highest BCUT2D eigenvalue weighted by Gasteiger charge is 2.10. The smallest absolute Gasteiger partial charge is 0.213 e. The zero-order chi connectivity index (χ0) is 15.3. The molecule has 0 aromatic carbocycles. The molecule has 0 spiro atoms. The van der Waals surface area contributed by atoms with Crippen LogP contribution in [0.2, 0.25) is 0 Å². The van der Waals surface area contributed by atoms with Crippen molar-refractivity contribution < 1.29 is 4.74 Å². The van der Waals surface area contributed by atoms with Crippen LogP contribution in [0, 0.1) is 6.92 Å². The molecular weight excluding hydrogens is 280 g/mol. The normalized spacial score (nSPS) is 11.6. The fourth-order valence-electron chi connectivity index (χ4n) is 1.91. The summed E-state index contributed by atoms with van der Waals surface area (Å²) >= 11 is 1.76. The van der Waals surface area contributed by atoms with Gasteiger partial charge in [-0.3, -0.25) is 0 Å². The minimum atomic E-state index is 0.113. The van der Waals surface area contributed by atoms with Crippen LogP contribution >= 0.6 is 11.3 Å². The highest BCUT2D eigenvalue weighted by molar-refractivity contribution is 7.09. The predicted octanol–water partition coefficient (Wildman–Crippen LogP) is 3.96. The van der Waals surface area contributed by atoms with E-state index in [1.807, 2.05) is 13.0 Å². The Morgan fingerprint density at radius 2 is 2.05 bits per heavy atom. The molecule has 114 valence electrons. The van der Waals surface area contributed by atoms with E-state index >= 15 is 0 Å². The van der Waals surface area contributed by atoms with E-state index in [2.05, 4.69) is 54.7 Å². The van der Waals surface area contributed by atoms with E-state index in [9.17, 15) is 0 Å². The minimum absolute atomic E-state index is 0.113. The van der Waals surface area contributed by atoms with Crippen LogP contribution in [0.3, 0.4) is 0 Å². The molecule has 3 nitrogen and oxygen atoms in total. The van der Waals surface area contributed by atoms with Crippen molar-refractivity contribution in [1.82, 2.24) is 10.3 Å². The predicted molar refractivity (Wildman–Crippen MR) is 89.1 cm³/mol. The first kappa shape index (κ1) is 16.0. The largest absolute Gasteiger partial charge is 0.477 e. The maximum absolute atomic E-state index is 5.74. The van der Waals surface area contributed by atoms with Gasteiger partial charge in [-0.1, -0.05) is 12.1 Å². The minimum Gasteiger partial charge on any atom is -0.477 e. The van der Waals surface area contributed by atoms with Gasteiger partial charge in [-0.2, -0.15) is 0 Å². The van der Waals surface area contributed by atoms with Crippen molar-refractivity contribution in [3.05, 3.63) is 45.8 Å². The molecule has 0 radical (unpaired) electrons. The Kier molecular flexibility index (Phi) is 5.37. The number of nitrogens with zero attached hydrogens (tertiary/aromatic N) is 1. The van der Waals surface area contributed by atoms with Gasteiger partial charge in [-0.15, -0.1) is 11.3 Å². The van der Waals surface area contributed by atoms with Crippen LogP contribution in [-0.2, 0) is 13.0 Å². The Morgan fingerprint density at radius 3 is 2.67 bits per heavy atom. The Labute approximate surface area is 131 Å². The van der Waals surface area contributed by atoms with E-state index in [1.165, 1.54) is 10.4 Å². The summed E-state index contributed by atoms with van der Waals surface area (Å²) in [4.78, 5) is 5.88. The van der Waals surface area contributed by atoms with Crippen molar-refractivity contribution in [2.45, 2.75) is 46.2 Å². The summed E-state index contributed by atoms with van der Waals surface area (Å²) in [5.74, 6) is 0.712. The molecule has 0 aliphatic carbocycles. The van der Waals surface area contributed by atoms with E-state index < -0.39 is 0 Å². The Balaban J connectivity index is 1.86. The molecule has 0 aliphatic rings. The van der Waals surface area contributed by atoms with Gasteiger partial charge in [0.15, 0.2) is 0 Å². The molecule has 2 aromatic heterocycles. The van der Waals surface area contributed by atoms with Crippen LogP contribution in [0.1, 0.15) is 36.9 Å². The molecule has 4 heteroatoms. The number of thiophene rings is 1. The molecule has 2 aromatic rings. The van der Waals surface area contributed by atoms with Crippen molar-refractivity contribution in [2.24, 2.45) is 0 Å². The van der Waals surface area contributed by atoms with Gasteiger partial charge in [0.25, 0.3) is 0 Å². The number of aryl methyl sites for hydroxylation is 1. The Hall–Kier alpha value is -1.39. The van der Waals surface area contributed by atoms with Gasteiger partial charge in [0.1, 0.15) is 0 Å². The summed E-state index contributed by atoms with van der Waals surface area (Å²) in [5.41, 5.74) is 2.36. The standard InChI is InChI=1S/C17H24N2OS/c1-13-14(12-18-17(2,3)4)7-8-16(19-13)20-10-9-15-6-5-11-21-15/h5-8,11,18H,9-10,12H2,1-4H3. The fraction of sp³-hybridized carbons (Fsp3) is 0.471. The van der Waals surface area contributed by atoms with E-state index in [4.69, 9.17) is 4.74 Å². The average molecular weight is 304 g/mol. The molecule has 0 bridgehead atoms. The molecule has 21 heavy (non-hydrogen) atoms. The second-order valence-corrected chi connectivity index (χ2v) is 7.21. The molecule has 0 atom stereocenters. The number of ether oxygens (including phenoxy) is 1. The molecule has 1 N–H and O–H groups in total. The molecule has 0 amide bonds. The Morgan fingerprint density at radius 1 is 1.24 bits per heavy atom. The summed E-state index contributed by atoms with van der Waals surface area (Å²) in [6, 6.07) is 8.26. The van der Waals surface area contributed by atoms with Gasteiger partial charge in [-0.25, -0.2) is 4.98 Å². The molecule has 0 aliphatic heterocycles. The van der Waals surface area contributed by atoms with Crippen LogP contribution in [0.5, 0.6) is 5.88 Å². The lowest BCUT2D eigenvalue weighted by Crippen LogP contribution is -2.35. The first-order valence-corrected chi connectivity index (χ1v) is 8.19. The van der Waals surface area contributed by atoms with Crippen molar-refractivity contribution in [2.75, 3.05) is 6.61 Å². The average Bonchev–Trinajstić information content (AvgIpc) is 2.90. The number of nitrogens with one attached hydrogen (secondary N) is 1. The zero-order valence-corrected chi connectivity index (χ0v) is 14.1. The number of hydrogen-bond donors (Lipinski definition) is 1. The molecule has 0 saturated carbocycles. The van der Waals surface area contributed by atoms with Gasteiger partial charge < -0.3 is 10.1 Å². The van der Waals surface area contributed by atoms with E-state index in [-0.39, 0.29) is 5.54 Å². The maximum Gasteiger partial charge on any atom is 0.213 e. The van der Waals surface area contributed by atoms with E-state index in [0.717, 1.165) is 18.7 Å². The molecule has 0 unspecified atom stereocenters. The first-order chi connectivity index (χ1) is 9.94. The summed E-state index contributed by atoms with van der Waals surface area (Å²) in [5, 5.41) is 5.57. The fourth-order valence-corrected chi connectivity index (χ4v) is 2.60. The SMILES string of the molecule is Cc1nc(OCCc2cccs2)ccc1CNC(C)(C)C. The highest BCUT2D eigenvalue weighted by Crippen LogP contribution is 2.15. The molecular formula is C17H24N2OS. The van der Waals surface area contributed by atoms with E-state index in [1.54, 1.807) is 11.3 Å². The van der Waals surface area contributed by atoms with E-state index in [0.29, 0.717) is 12.5 Å². The van der Waals surface area contributed by atoms with Gasteiger partial charge >= 0.3 is 0 Å². The second kappa shape index (κ2) is 7.05. The molecule has 2 rings (SSSR count). The van der Waals surface area contributed by atoms with Gasteiger partial charge in [-0.05, 0) is 44.7 Å². The molecule has 2 heterocycles. The first-order valence-electron chi connectivity index (χ1n) is 7.31. The van der Waals surface area contributed by atoms with Crippen LogP contribution in [0.15, 0.2) is 29.6 Å². The quantitative estimate of drug-likeness (QED) is 0.877. The lowest BCUT2D eigenvalue weighted by Gasteiger charge is -2.21. The summed E-state index contributed by atoms with van der Waals surface area (Å²) in [7, 11) is 0. The summed E-state index contributed by atoms with van der Waals surface area (Å²) in [6.45, 7) is 10.0. The third-order valence-corrected chi connectivity index (χ3v) is 4.09. The van der Waals surface area contributed by atoms with Crippen LogP contribution < -0.4 is 10.1 Å². The van der Waals surface area contributed by atoms with Gasteiger partial charge in [0.05, 0.1) is 6.61 Å². The van der Waals surface area contributed by atoms with Gasteiger partial charge in [0.2, 0.25) is 5.88 Å². The third-order valence-electron chi connectivity index (χ3n) is 3.16. The van der Waals surface area contributed by atoms with Crippen LogP contribution in [0.25, 0.3) is 0 Å². The van der Waals surface area contributed by atoms with Crippen molar-refractivity contribution >= 4 is 11.3 Å². The van der Waals surface area contributed by atoms with Crippen molar-refractivity contribution in [3.63, 3.8) is 0 Å². The van der Waals surface area contributed by atoms with Gasteiger partial charge in [0, 0.05) is 35.1 Å². The maximum atomic E-state index is 5.74. The third kappa shape index (κ3) is 5.48. The summed E-state index contributed by atoms with van der Waals surface area (Å²) < 4.78 is 5.74. The lowest BCUT2D eigenvalue weighted by atomic mass is 10.1. The topological polar surface area (TPSA) is 34.1 Å².